The number of sulfone groups is 1. The molecule has 0 saturated carbocycles. The van der Waals surface area contributed by atoms with Gasteiger partial charge in [0.05, 0.1) is 22.3 Å². The number of hydrogen-bond acceptors (Lipinski definition) is 6. The summed E-state index contributed by atoms with van der Waals surface area (Å²) in [6.45, 7) is 3.95. The molecule has 0 spiro atoms. The lowest BCUT2D eigenvalue weighted by atomic mass is 10.1. The van der Waals surface area contributed by atoms with Gasteiger partial charge in [-0.3, -0.25) is 9.20 Å². The van der Waals surface area contributed by atoms with Gasteiger partial charge in [-0.05, 0) is 49.6 Å². The highest BCUT2D eigenvalue weighted by Crippen LogP contribution is 2.25. The van der Waals surface area contributed by atoms with Gasteiger partial charge in [-0.2, -0.15) is 0 Å². The molecule has 2 aromatic carbocycles. The predicted molar refractivity (Wildman–Crippen MR) is 121 cm³/mol. The fourth-order valence-electron chi connectivity index (χ4n) is 3.43. The summed E-state index contributed by atoms with van der Waals surface area (Å²) in [5.74, 6) is 1.16. The Morgan fingerprint density at radius 3 is 2.60 bits per heavy atom. The van der Waals surface area contributed by atoms with Crippen molar-refractivity contribution in [2.45, 2.75) is 25.4 Å². The second-order valence-electron chi connectivity index (χ2n) is 7.40. The molecule has 156 valence electrons. The van der Waals surface area contributed by atoms with Crippen molar-refractivity contribution in [1.82, 2.24) is 19.2 Å². The molecule has 7 nitrogen and oxygen atoms in total. The zero-order valence-electron chi connectivity index (χ0n) is 17.0. The molecule has 2 heterocycles. The third-order valence-corrected chi connectivity index (χ3v) is 6.94. The Bertz CT molecular complexity index is 1420. The summed E-state index contributed by atoms with van der Waals surface area (Å²) < 4.78 is 26.3. The number of aromatic nitrogens is 4. The molecule has 0 radical (unpaired) electrons. The van der Waals surface area contributed by atoms with Gasteiger partial charge in [0.15, 0.2) is 5.16 Å². The SMILES string of the molecule is Cc1ccc(C)c(-n2c(=O)c3ccccc3n3c(SCCCS(C)(=O)=O)nnc23)c1. The number of thioether (sulfide) groups is 1. The Balaban J connectivity index is 1.91. The summed E-state index contributed by atoms with van der Waals surface area (Å²) in [7, 11) is -3.00. The Hall–Kier alpha value is -2.65. The van der Waals surface area contributed by atoms with Crippen molar-refractivity contribution in [3.8, 4) is 5.69 Å². The van der Waals surface area contributed by atoms with E-state index < -0.39 is 9.84 Å². The van der Waals surface area contributed by atoms with Crippen LogP contribution in [0.5, 0.6) is 0 Å². The molecule has 4 aromatic rings. The molecule has 9 heteroatoms. The first-order valence-electron chi connectivity index (χ1n) is 9.53. The average molecular weight is 443 g/mol. The Morgan fingerprint density at radius 1 is 1.07 bits per heavy atom. The van der Waals surface area contributed by atoms with Crippen LogP contribution in [0.2, 0.25) is 0 Å². The molecule has 0 aliphatic heterocycles. The van der Waals surface area contributed by atoms with Crippen molar-refractivity contribution in [2.75, 3.05) is 17.8 Å². The van der Waals surface area contributed by atoms with E-state index in [9.17, 15) is 13.2 Å². The van der Waals surface area contributed by atoms with Gasteiger partial charge in [-0.25, -0.2) is 13.0 Å². The maximum atomic E-state index is 13.4. The quantitative estimate of drug-likeness (QED) is 0.337. The van der Waals surface area contributed by atoms with Gasteiger partial charge in [0, 0.05) is 12.0 Å². The fraction of sp³-hybridized carbons (Fsp3) is 0.286. The number of fused-ring (bicyclic) bond motifs is 3. The highest BCUT2D eigenvalue weighted by Gasteiger charge is 2.19. The van der Waals surface area contributed by atoms with Gasteiger partial charge in [0.2, 0.25) is 5.78 Å². The standard InChI is InChI=1S/C21H22N4O3S2/c1-14-9-10-15(2)18(13-14)24-19(26)16-7-4-5-8-17(16)25-20(24)22-23-21(25)29-11-6-12-30(3,27)28/h4-5,7-10,13H,6,11-12H2,1-3H3. The normalized spacial score (nSPS) is 12.1. The minimum absolute atomic E-state index is 0.130. The van der Waals surface area contributed by atoms with E-state index in [2.05, 4.69) is 10.2 Å². The monoisotopic (exact) mass is 442 g/mol. The van der Waals surface area contributed by atoms with E-state index in [0.29, 0.717) is 28.5 Å². The van der Waals surface area contributed by atoms with Crippen molar-refractivity contribution in [3.05, 3.63) is 63.9 Å². The molecule has 2 aromatic heterocycles. The van der Waals surface area contributed by atoms with Crippen LogP contribution in [0.1, 0.15) is 17.5 Å². The summed E-state index contributed by atoms with van der Waals surface area (Å²) in [4.78, 5) is 13.4. The van der Waals surface area contributed by atoms with Crippen molar-refractivity contribution in [2.24, 2.45) is 0 Å². The van der Waals surface area contributed by atoms with Gasteiger partial charge in [-0.1, -0.05) is 36.0 Å². The van der Waals surface area contributed by atoms with Crippen LogP contribution in [0.3, 0.4) is 0 Å². The lowest BCUT2D eigenvalue weighted by molar-refractivity contribution is 0.600. The second kappa shape index (κ2) is 7.88. The Kier molecular flexibility index (Phi) is 5.42. The van der Waals surface area contributed by atoms with Crippen LogP contribution in [0, 0.1) is 13.8 Å². The summed E-state index contributed by atoms with van der Waals surface area (Å²) in [5, 5.41) is 9.87. The van der Waals surface area contributed by atoms with E-state index in [1.165, 1.54) is 18.0 Å². The largest absolute Gasteiger partial charge is 0.268 e. The van der Waals surface area contributed by atoms with Gasteiger partial charge in [0.25, 0.3) is 5.56 Å². The summed E-state index contributed by atoms with van der Waals surface area (Å²) in [6.07, 6.45) is 1.76. The first kappa shape index (κ1) is 20.6. The molecule has 0 unspecified atom stereocenters. The van der Waals surface area contributed by atoms with Gasteiger partial charge >= 0.3 is 0 Å². The van der Waals surface area contributed by atoms with Crippen molar-refractivity contribution < 1.29 is 8.42 Å². The first-order valence-corrected chi connectivity index (χ1v) is 12.6. The molecule has 0 atom stereocenters. The molecule has 0 fully saturated rings. The molecule has 0 amide bonds. The zero-order chi connectivity index (χ0) is 21.5. The smallest absolute Gasteiger partial charge is 0.267 e. The summed E-state index contributed by atoms with van der Waals surface area (Å²) in [6, 6.07) is 13.4. The lowest BCUT2D eigenvalue weighted by Gasteiger charge is -2.14. The van der Waals surface area contributed by atoms with Crippen LogP contribution in [0.25, 0.3) is 22.4 Å². The van der Waals surface area contributed by atoms with E-state index >= 15 is 0 Å². The van der Waals surface area contributed by atoms with E-state index in [4.69, 9.17) is 0 Å². The van der Waals surface area contributed by atoms with Crippen molar-refractivity contribution in [1.29, 1.82) is 0 Å². The van der Waals surface area contributed by atoms with Gasteiger partial charge in [0.1, 0.15) is 9.84 Å². The number of hydrogen-bond donors (Lipinski definition) is 0. The molecule has 0 aliphatic carbocycles. The molecule has 0 saturated heterocycles. The molecular weight excluding hydrogens is 420 g/mol. The average Bonchev–Trinajstić information content (AvgIpc) is 3.11. The molecule has 4 rings (SSSR count). The maximum Gasteiger partial charge on any atom is 0.267 e. The maximum absolute atomic E-state index is 13.4. The molecule has 0 N–H and O–H groups in total. The molecule has 0 bridgehead atoms. The van der Waals surface area contributed by atoms with Crippen LogP contribution < -0.4 is 5.56 Å². The number of nitrogens with zero attached hydrogens (tertiary/aromatic N) is 4. The molecule has 30 heavy (non-hydrogen) atoms. The molecular formula is C21H22N4O3S2. The van der Waals surface area contributed by atoms with E-state index in [-0.39, 0.29) is 11.3 Å². The predicted octanol–water partition coefficient (Wildman–Crippen LogP) is 3.18. The first-order chi connectivity index (χ1) is 14.3. The number of benzene rings is 2. The van der Waals surface area contributed by atoms with Crippen molar-refractivity contribution in [3.63, 3.8) is 0 Å². The summed E-state index contributed by atoms with van der Waals surface area (Å²) >= 11 is 1.44. The third kappa shape index (κ3) is 3.87. The van der Waals surface area contributed by atoms with Gasteiger partial charge < -0.3 is 0 Å². The van der Waals surface area contributed by atoms with Crippen molar-refractivity contribution >= 4 is 38.3 Å². The number of aryl methyl sites for hydroxylation is 2. The number of para-hydroxylation sites is 1. The van der Waals surface area contributed by atoms with Crippen LogP contribution >= 0.6 is 11.8 Å². The van der Waals surface area contributed by atoms with Crippen LogP contribution in [-0.2, 0) is 9.84 Å². The highest BCUT2D eigenvalue weighted by molar-refractivity contribution is 7.99. The Labute approximate surface area is 178 Å². The van der Waals surface area contributed by atoms with E-state index in [1.54, 1.807) is 10.6 Å². The topological polar surface area (TPSA) is 86.3 Å². The van der Waals surface area contributed by atoms with E-state index in [0.717, 1.165) is 22.3 Å². The third-order valence-electron chi connectivity index (χ3n) is 4.89. The fourth-order valence-corrected chi connectivity index (χ4v) is 5.16. The highest BCUT2D eigenvalue weighted by atomic mass is 32.2. The zero-order valence-corrected chi connectivity index (χ0v) is 18.6. The van der Waals surface area contributed by atoms with Crippen LogP contribution in [-0.4, -0.2) is 45.3 Å². The van der Waals surface area contributed by atoms with Crippen LogP contribution in [0.4, 0.5) is 0 Å². The van der Waals surface area contributed by atoms with Crippen LogP contribution in [0.15, 0.2) is 52.4 Å². The second-order valence-corrected chi connectivity index (χ2v) is 10.7. The van der Waals surface area contributed by atoms with E-state index in [1.807, 2.05) is 54.6 Å². The Morgan fingerprint density at radius 2 is 1.83 bits per heavy atom. The summed E-state index contributed by atoms with van der Waals surface area (Å²) in [5.41, 5.74) is 3.37. The number of rotatable bonds is 6. The molecule has 0 aliphatic rings. The minimum atomic E-state index is -3.00. The van der Waals surface area contributed by atoms with Gasteiger partial charge in [-0.15, -0.1) is 10.2 Å². The lowest BCUT2D eigenvalue weighted by Crippen LogP contribution is -2.22. The minimum Gasteiger partial charge on any atom is -0.268 e.